The van der Waals surface area contributed by atoms with Crippen molar-refractivity contribution in [1.29, 1.82) is 0 Å². The summed E-state index contributed by atoms with van der Waals surface area (Å²) in [4.78, 5) is 78.7. The number of unbranched alkanes of at least 4 members (excludes halogenated alkanes) is 48. The molecule has 2 fully saturated rings. The predicted octanol–water partition coefficient (Wildman–Crippen LogP) is 35.2. The molecule has 5 atom stereocenters. The SMILES string of the molecule is CCCCCCCCCCC(CCCCCCCCC(=O)OCCC(CCCCC)CCCCC)COC(=O)[C@@H]1CCN(C(=O)OC(C)(C)C)C1.CCCCCCCCCCC(CCCCCCCCC(=O)OCCC(CCCCC)CCCCC)COC(=O)[C@@H]1CCN(C)C1.CCCCCCCCCCC(CO)CCCCCCCCC(=O)OCCC(CCCCC)CCCCC. The average molecular weight is 1880 g/mol. The molecule has 0 saturated carbocycles. The van der Waals surface area contributed by atoms with Crippen LogP contribution >= 0.6 is 0 Å². The third-order valence-corrected chi connectivity index (χ3v) is 28.9. The quantitative estimate of drug-likeness (QED) is 0.0344. The fraction of sp³-hybridized carbons (Fsp3) is 0.949. The maximum absolute atomic E-state index is 13.0. The first kappa shape index (κ1) is 130. The molecule has 0 radical (unpaired) electrons. The van der Waals surface area contributed by atoms with E-state index >= 15 is 0 Å². The topological polar surface area (TPSA) is 185 Å². The molecule has 0 aliphatic carbocycles. The van der Waals surface area contributed by atoms with E-state index in [2.05, 4.69) is 74.3 Å². The number of esters is 5. The maximum Gasteiger partial charge on any atom is 0.410 e. The van der Waals surface area contributed by atoms with E-state index in [1.165, 1.54) is 398 Å². The van der Waals surface area contributed by atoms with Gasteiger partial charge >= 0.3 is 35.9 Å². The molecule has 0 aromatic rings. The normalized spacial score (nSPS) is 14.7. The number of rotatable bonds is 94. The van der Waals surface area contributed by atoms with Crippen LogP contribution in [0, 0.1) is 47.3 Å². The summed E-state index contributed by atoms with van der Waals surface area (Å²) in [6, 6.07) is 0. The molecular formula is C118H228N2O13. The van der Waals surface area contributed by atoms with E-state index in [4.69, 9.17) is 28.4 Å². The Hall–Kier alpha value is -3.46. The number of hydrogen-bond donors (Lipinski definition) is 1. The van der Waals surface area contributed by atoms with E-state index in [1.54, 1.807) is 4.90 Å². The van der Waals surface area contributed by atoms with Gasteiger partial charge in [0.1, 0.15) is 5.60 Å². The molecule has 2 heterocycles. The van der Waals surface area contributed by atoms with Gasteiger partial charge in [0.15, 0.2) is 0 Å². The van der Waals surface area contributed by atoms with Crippen molar-refractivity contribution < 1.29 is 62.3 Å². The fourth-order valence-electron chi connectivity index (χ4n) is 19.7. The number of aliphatic hydroxyl groups is 1. The third-order valence-electron chi connectivity index (χ3n) is 28.9. The molecule has 2 aliphatic rings. The van der Waals surface area contributed by atoms with Crippen LogP contribution < -0.4 is 0 Å². The summed E-state index contributed by atoms with van der Waals surface area (Å²) in [5.74, 6) is 3.20. The van der Waals surface area contributed by atoms with Crippen molar-refractivity contribution in [2.24, 2.45) is 47.3 Å². The molecule has 0 aromatic heterocycles. The van der Waals surface area contributed by atoms with Gasteiger partial charge in [0.25, 0.3) is 0 Å². The van der Waals surface area contributed by atoms with Crippen LogP contribution in [0.4, 0.5) is 4.79 Å². The summed E-state index contributed by atoms with van der Waals surface area (Å²) in [5.41, 5.74) is -0.545. The Morgan fingerprint density at radius 1 is 0.271 bits per heavy atom. The highest BCUT2D eigenvalue weighted by Crippen LogP contribution is 2.30. The molecule has 0 bridgehead atoms. The lowest BCUT2D eigenvalue weighted by molar-refractivity contribution is -0.150. The zero-order valence-electron chi connectivity index (χ0n) is 91.0. The molecule has 15 nitrogen and oxygen atoms in total. The number of likely N-dealkylation sites (tertiary alicyclic amines) is 2. The summed E-state index contributed by atoms with van der Waals surface area (Å²) in [6.07, 6.45) is 96.7. The highest BCUT2D eigenvalue weighted by Gasteiger charge is 2.35. The number of carbonyl (C=O) groups excluding carboxylic acids is 6. The summed E-state index contributed by atoms with van der Waals surface area (Å²) in [7, 11) is 2.09. The van der Waals surface area contributed by atoms with Gasteiger partial charge in [-0.3, -0.25) is 24.0 Å². The van der Waals surface area contributed by atoms with E-state index in [1.807, 2.05) is 20.8 Å². The van der Waals surface area contributed by atoms with Crippen LogP contribution in [0.2, 0.25) is 0 Å². The van der Waals surface area contributed by atoms with Crippen LogP contribution in [0.15, 0.2) is 0 Å². The zero-order chi connectivity index (χ0) is 97.6. The number of carbonyl (C=O) groups is 6. The van der Waals surface area contributed by atoms with E-state index in [9.17, 15) is 33.9 Å². The lowest BCUT2D eigenvalue weighted by atomic mass is 9.92. The van der Waals surface area contributed by atoms with Gasteiger partial charge in [-0.05, 0) is 160 Å². The highest BCUT2D eigenvalue weighted by atomic mass is 16.6. The third kappa shape index (κ3) is 86.2. The van der Waals surface area contributed by atoms with Gasteiger partial charge in [-0.2, -0.15) is 0 Å². The van der Waals surface area contributed by atoms with Crippen molar-refractivity contribution in [3.05, 3.63) is 0 Å². The summed E-state index contributed by atoms with van der Waals surface area (Å²) in [5, 5.41) is 9.70. The molecule has 2 rings (SSSR count). The molecule has 1 amide bonds. The van der Waals surface area contributed by atoms with Crippen LogP contribution in [0.1, 0.15) is 597 Å². The second-order valence-electron chi connectivity index (χ2n) is 43.1. The smallest absolute Gasteiger partial charge is 0.410 e. The maximum atomic E-state index is 13.0. The number of amides is 1. The van der Waals surface area contributed by atoms with Crippen molar-refractivity contribution in [2.45, 2.75) is 602 Å². The van der Waals surface area contributed by atoms with Gasteiger partial charge in [0.05, 0.1) is 44.9 Å². The summed E-state index contributed by atoms with van der Waals surface area (Å²) < 4.78 is 34.1. The Morgan fingerprint density at radius 2 is 0.489 bits per heavy atom. The van der Waals surface area contributed by atoms with E-state index in [-0.39, 0.29) is 47.8 Å². The number of hydrogen-bond acceptors (Lipinski definition) is 14. The Labute approximate surface area is 825 Å². The molecule has 1 N–H and O–H groups in total. The van der Waals surface area contributed by atoms with E-state index < -0.39 is 5.60 Å². The number of aliphatic hydroxyl groups excluding tert-OH is 1. The van der Waals surface area contributed by atoms with Gasteiger partial charge in [-0.15, -0.1) is 0 Å². The van der Waals surface area contributed by atoms with Crippen molar-refractivity contribution >= 4 is 35.9 Å². The molecular weight excluding hydrogens is 1650 g/mol. The minimum Gasteiger partial charge on any atom is -0.466 e. The highest BCUT2D eigenvalue weighted by molar-refractivity contribution is 5.76. The Morgan fingerprint density at radius 3 is 0.737 bits per heavy atom. The summed E-state index contributed by atoms with van der Waals surface area (Å²) in [6.45, 7) is 32.0. The van der Waals surface area contributed by atoms with E-state index in [0.717, 1.165) is 115 Å². The van der Waals surface area contributed by atoms with Gasteiger partial charge in [0, 0.05) is 45.5 Å². The van der Waals surface area contributed by atoms with Crippen LogP contribution in [0.3, 0.4) is 0 Å². The lowest BCUT2D eigenvalue weighted by Gasteiger charge is -2.24. The molecule has 133 heavy (non-hydrogen) atoms. The van der Waals surface area contributed by atoms with Gasteiger partial charge in [-0.1, -0.05) is 467 Å². The first-order valence-electron chi connectivity index (χ1n) is 58.8. The molecule has 0 aromatic carbocycles. The number of ether oxygens (including phenoxy) is 6. The monoisotopic (exact) mass is 1880 g/mol. The van der Waals surface area contributed by atoms with Gasteiger partial charge < -0.3 is 43.3 Å². The Bertz CT molecular complexity index is 2500. The molecule has 2 saturated heterocycles. The van der Waals surface area contributed by atoms with Crippen molar-refractivity contribution in [3.63, 3.8) is 0 Å². The lowest BCUT2D eigenvalue weighted by Crippen LogP contribution is -2.36. The standard InChI is InChI=1S/C44H83NO6.C40H77NO4.C34H68O3/c1-7-10-13-14-15-16-19-24-29-39(37-50-42(47)40-32-34-45(36-40)43(48)51-44(4,5)6)30-25-20-17-18-21-26-31-41(46)49-35-33-38(27-22-11-8-2)28-23-12-9-3;1-5-8-11-12-13-14-17-22-27-37(35-45-40(43)38-30-32-41(4)34-38)28-23-18-15-16-19-24-29-39(42)44-33-31-36(25-20-9-6-2)26-21-10-7-3;1-4-7-10-11-12-13-16-21-26-33(31-35)27-22-17-14-15-18-23-28-34(36)37-30-29-32(24-19-8-5-2)25-20-9-6-3/h38-40H,7-37H2,1-6H3;36-38H,5-35H2,1-4H3;32-33,35H,4-31H2,1-3H3/t39?,40-;37?,38-;/m11./s1. The van der Waals surface area contributed by atoms with Gasteiger partial charge in [-0.25, -0.2) is 4.79 Å². The predicted molar refractivity (Wildman–Crippen MR) is 566 cm³/mol. The van der Waals surface area contributed by atoms with Crippen LogP contribution in [0.25, 0.3) is 0 Å². The average Bonchev–Trinajstić information content (AvgIpc) is 1.72. The van der Waals surface area contributed by atoms with E-state index in [0.29, 0.717) is 102 Å². The first-order valence-corrected chi connectivity index (χ1v) is 58.8. The molecule has 788 valence electrons. The minimum absolute atomic E-state index is 0.00142. The molecule has 15 heteroatoms. The molecule has 3 unspecified atom stereocenters. The first-order chi connectivity index (χ1) is 64.8. The Kier molecular flexibility index (Phi) is 94.8. The zero-order valence-corrected chi connectivity index (χ0v) is 91.0. The Balaban J connectivity index is 0.00000199. The fourth-order valence-corrected chi connectivity index (χ4v) is 19.7. The second-order valence-corrected chi connectivity index (χ2v) is 43.1. The van der Waals surface area contributed by atoms with Crippen LogP contribution in [0.5, 0.6) is 0 Å². The van der Waals surface area contributed by atoms with Gasteiger partial charge in [0.2, 0.25) is 0 Å². The molecule has 0 spiro atoms. The minimum atomic E-state index is -0.545. The van der Waals surface area contributed by atoms with Crippen molar-refractivity contribution in [1.82, 2.24) is 9.80 Å². The second kappa shape index (κ2) is 97.4. The molecule has 2 aliphatic heterocycles. The number of nitrogens with zero attached hydrogens (tertiary/aromatic N) is 2. The van der Waals surface area contributed by atoms with Crippen LogP contribution in [-0.2, 0) is 52.4 Å². The van der Waals surface area contributed by atoms with Crippen molar-refractivity contribution in [2.75, 3.05) is 72.9 Å². The largest absolute Gasteiger partial charge is 0.466 e. The van der Waals surface area contributed by atoms with Crippen molar-refractivity contribution in [3.8, 4) is 0 Å². The van der Waals surface area contributed by atoms with Crippen LogP contribution in [-0.4, -0.2) is 129 Å². The summed E-state index contributed by atoms with van der Waals surface area (Å²) >= 11 is 0.